The van der Waals surface area contributed by atoms with E-state index in [2.05, 4.69) is 62.3 Å². The van der Waals surface area contributed by atoms with Gasteiger partial charge >= 0.3 is 0 Å². The van der Waals surface area contributed by atoms with Crippen LogP contribution in [0.3, 0.4) is 0 Å². The van der Waals surface area contributed by atoms with Gasteiger partial charge in [0.1, 0.15) is 12.4 Å². The quantitative estimate of drug-likeness (QED) is 0.845. The summed E-state index contributed by atoms with van der Waals surface area (Å²) >= 11 is 0. The van der Waals surface area contributed by atoms with Crippen molar-refractivity contribution < 1.29 is 4.74 Å². The van der Waals surface area contributed by atoms with E-state index in [1.165, 1.54) is 27.8 Å². The summed E-state index contributed by atoms with van der Waals surface area (Å²) in [4.78, 5) is 2.13. The van der Waals surface area contributed by atoms with E-state index in [0.29, 0.717) is 19.1 Å². The minimum Gasteiger partial charge on any atom is -0.492 e. The Kier molecular flexibility index (Phi) is 5.22. The zero-order valence-electron chi connectivity index (χ0n) is 15.0. The molecule has 0 fully saturated rings. The lowest BCUT2D eigenvalue weighted by Gasteiger charge is -2.15. The minimum atomic E-state index is 0.392. The van der Waals surface area contributed by atoms with Crippen molar-refractivity contribution >= 4 is 0 Å². The summed E-state index contributed by atoms with van der Waals surface area (Å²) in [6.45, 7) is 4.54. The molecule has 24 heavy (non-hydrogen) atoms. The van der Waals surface area contributed by atoms with E-state index in [1.807, 2.05) is 0 Å². The van der Waals surface area contributed by atoms with Crippen LogP contribution in [0.1, 0.15) is 36.0 Å². The van der Waals surface area contributed by atoms with Crippen molar-refractivity contribution in [3.63, 3.8) is 0 Å². The van der Waals surface area contributed by atoms with E-state index < -0.39 is 0 Å². The van der Waals surface area contributed by atoms with Crippen LogP contribution in [0.15, 0.2) is 36.4 Å². The van der Waals surface area contributed by atoms with Crippen LogP contribution >= 0.6 is 0 Å². The molecule has 1 atom stereocenters. The van der Waals surface area contributed by atoms with Gasteiger partial charge in [0.25, 0.3) is 0 Å². The molecule has 2 aromatic rings. The van der Waals surface area contributed by atoms with E-state index in [-0.39, 0.29) is 0 Å². The second-order valence-corrected chi connectivity index (χ2v) is 6.81. The number of fused-ring (bicyclic) bond motifs is 3. The third-order valence-electron chi connectivity index (χ3n) is 4.85. The van der Waals surface area contributed by atoms with Gasteiger partial charge in [-0.3, -0.25) is 0 Å². The highest BCUT2D eigenvalue weighted by molar-refractivity contribution is 5.79. The molecule has 0 spiro atoms. The Labute approximate surface area is 145 Å². The zero-order chi connectivity index (χ0) is 17.1. The van der Waals surface area contributed by atoms with Gasteiger partial charge in [0.2, 0.25) is 0 Å². The summed E-state index contributed by atoms with van der Waals surface area (Å²) in [5, 5.41) is 0. The maximum atomic E-state index is 5.94. The Balaban J connectivity index is 1.91. The number of ether oxygens (including phenoxy) is 1. The van der Waals surface area contributed by atoms with Gasteiger partial charge in [-0.15, -0.1) is 0 Å². The standard InChI is InChI=1S/C21H28N2O/c1-4-15-5-7-17-18-8-6-16(24-12-11-23(2)3)14-21(18)19(9-10-22)20(17)13-15/h5-8,13-14,19H,4,9-12,22H2,1-3H3. The summed E-state index contributed by atoms with van der Waals surface area (Å²) in [5.41, 5.74) is 12.8. The minimum absolute atomic E-state index is 0.392. The van der Waals surface area contributed by atoms with Gasteiger partial charge < -0.3 is 15.4 Å². The highest BCUT2D eigenvalue weighted by Crippen LogP contribution is 2.47. The van der Waals surface area contributed by atoms with E-state index in [0.717, 1.165) is 25.1 Å². The Hall–Kier alpha value is -1.84. The fourth-order valence-electron chi connectivity index (χ4n) is 3.52. The molecule has 2 N–H and O–H groups in total. The molecule has 3 nitrogen and oxygen atoms in total. The molecule has 128 valence electrons. The van der Waals surface area contributed by atoms with Crippen molar-refractivity contribution in [3.8, 4) is 16.9 Å². The lowest BCUT2D eigenvalue weighted by Crippen LogP contribution is -2.19. The predicted octanol–water partition coefficient (Wildman–Crippen LogP) is 3.65. The molecule has 1 aliphatic rings. The van der Waals surface area contributed by atoms with Gasteiger partial charge in [-0.1, -0.05) is 31.2 Å². The van der Waals surface area contributed by atoms with Gasteiger partial charge in [0.05, 0.1) is 0 Å². The van der Waals surface area contributed by atoms with Crippen molar-refractivity contribution in [2.75, 3.05) is 33.8 Å². The third-order valence-corrected chi connectivity index (χ3v) is 4.85. The number of likely N-dealkylation sites (N-methyl/N-ethyl adjacent to an activating group) is 1. The normalized spacial score (nSPS) is 15.5. The maximum Gasteiger partial charge on any atom is 0.119 e. The number of benzene rings is 2. The van der Waals surface area contributed by atoms with Crippen molar-refractivity contribution in [1.29, 1.82) is 0 Å². The van der Waals surface area contributed by atoms with Crippen molar-refractivity contribution in [2.24, 2.45) is 5.73 Å². The number of nitrogens with two attached hydrogens (primary N) is 1. The highest BCUT2D eigenvalue weighted by Gasteiger charge is 2.28. The molecular formula is C21H28N2O. The first-order chi connectivity index (χ1) is 11.6. The van der Waals surface area contributed by atoms with E-state index in [4.69, 9.17) is 10.5 Å². The van der Waals surface area contributed by atoms with Crippen molar-refractivity contribution in [3.05, 3.63) is 53.1 Å². The first-order valence-corrected chi connectivity index (χ1v) is 8.88. The topological polar surface area (TPSA) is 38.5 Å². The van der Waals surface area contributed by atoms with Gasteiger partial charge in [-0.05, 0) is 73.4 Å². The Bertz CT molecular complexity index is 709. The molecule has 0 amide bonds. The predicted molar refractivity (Wildman–Crippen MR) is 101 cm³/mol. The molecule has 0 saturated heterocycles. The Morgan fingerprint density at radius 3 is 2.42 bits per heavy atom. The molecule has 0 aromatic heterocycles. The van der Waals surface area contributed by atoms with Gasteiger partial charge in [0, 0.05) is 12.5 Å². The van der Waals surface area contributed by atoms with E-state index in [1.54, 1.807) is 0 Å². The smallest absolute Gasteiger partial charge is 0.119 e. The molecule has 0 radical (unpaired) electrons. The van der Waals surface area contributed by atoms with Gasteiger partial charge in [-0.2, -0.15) is 0 Å². The van der Waals surface area contributed by atoms with E-state index in [9.17, 15) is 0 Å². The molecule has 0 bridgehead atoms. The monoisotopic (exact) mass is 324 g/mol. The van der Waals surface area contributed by atoms with Gasteiger partial charge in [-0.25, -0.2) is 0 Å². The number of rotatable bonds is 7. The van der Waals surface area contributed by atoms with Crippen molar-refractivity contribution in [1.82, 2.24) is 4.90 Å². The lowest BCUT2D eigenvalue weighted by atomic mass is 9.92. The lowest BCUT2D eigenvalue weighted by molar-refractivity contribution is 0.261. The molecule has 1 aliphatic carbocycles. The van der Waals surface area contributed by atoms with Crippen molar-refractivity contribution in [2.45, 2.75) is 25.7 Å². The summed E-state index contributed by atoms with van der Waals surface area (Å²) in [7, 11) is 4.12. The second kappa shape index (κ2) is 7.37. The van der Waals surface area contributed by atoms with Crippen LogP contribution in [0.2, 0.25) is 0 Å². The molecule has 1 unspecified atom stereocenters. The molecule has 3 heteroatoms. The highest BCUT2D eigenvalue weighted by atomic mass is 16.5. The number of aryl methyl sites for hydroxylation is 1. The average molecular weight is 324 g/mol. The Morgan fingerprint density at radius 2 is 1.75 bits per heavy atom. The second-order valence-electron chi connectivity index (χ2n) is 6.81. The summed E-state index contributed by atoms with van der Waals surface area (Å²) in [6, 6.07) is 13.4. The van der Waals surface area contributed by atoms with Crippen LogP contribution in [-0.2, 0) is 6.42 Å². The molecule has 2 aromatic carbocycles. The molecular weight excluding hydrogens is 296 g/mol. The molecule has 0 heterocycles. The van der Waals surface area contributed by atoms with Crippen LogP contribution < -0.4 is 10.5 Å². The summed E-state index contributed by atoms with van der Waals surface area (Å²) < 4.78 is 5.94. The number of hydrogen-bond acceptors (Lipinski definition) is 3. The first-order valence-electron chi connectivity index (χ1n) is 8.88. The van der Waals surface area contributed by atoms with Crippen LogP contribution in [0.4, 0.5) is 0 Å². The van der Waals surface area contributed by atoms with Crippen LogP contribution in [0, 0.1) is 0 Å². The first kappa shape index (κ1) is 17.0. The van der Waals surface area contributed by atoms with Crippen LogP contribution in [0.5, 0.6) is 5.75 Å². The fraction of sp³-hybridized carbons (Fsp3) is 0.429. The zero-order valence-corrected chi connectivity index (χ0v) is 15.0. The summed E-state index contributed by atoms with van der Waals surface area (Å²) in [5.74, 6) is 1.35. The molecule has 0 aliphatic heterocycles. The van der Waals surface area contributed by atoms with Gasteiger partial charge in [0.15, 0.2) is 0 Å². The van der Waals surface area contributed by atoms with Crippen LogP contribution in [-0.4, -0.2) is 38.7 Å². The molecule has 0 saturated carbocycles. The number of hydrogen-bond donors (Lipinski definition) is 1. The average Bonchev–Trinajstić information content (AvgIpc) is 2.88. The molecule has 3 rings (SSSR count). The summed E-state index contributed by atoms with van der Waals surface area (Å²) in [6.07, 6.45) is 2.05. The SMILES string of the molecule is CCc1ccc2c(c1)C(CCN)c1cc(OCCN(C)C)ccc1-2. The Morgan fingerprint density at radius 1 is 1.04 bits per heavy atom. The van der Waals surface area contributed by atoms with Crippen LogP contribution in [0.25, 0.3) is 11.1 Å². The number of nitrogens with zero attached hydrogens (tertiary/aromatic N) is 1. The van der Waals surface area contributed by atoms with E-state index >= 15 is 0 Å². The maximum absolute atomic E-state index is 5.94. The third kappa shape index (κ3) is 3.33. The fourth-order valence-corrected chi connectivity index (χ4v) is 3.52. The largest absolute Gasteiger partial charge is 0.492 e.